The van der Waals surface area contributed by atoms with Crippen molar-refractivity contribution < 1.29 is 13.2 Å². The van der Waals surface area contributed by atoms with Crippen LogP contribution in [0.4, 0.5) is 13.2 Å². The van der Waals surface area contributed by atoms with Crippen LogP contribution in [-0.2, 0) is 6.42 Å². The summed E-state index contributed by atoms with van der Waals surface area (Å²) in [5, 5.41) is 0. The zero-order valence-electron chi connectivity index (χ0n) is 7.96. The fraction of sp³-hybridized carbons (Fsp3) is 0.556. The molecule has 14 heavy (non-hydrogen) atoms. The Hall–Kier alpha value is -1.13. The molecule has 0 saturated carbocycles. The highest BCUT2D eigenvalue weighted by atomic mass is 19.4. The van der Waals surface area contributed by atoms with Crippen molar-refractivity contribution in [3.05, 3.63) is 24.3 Å². The molecule has 0 aliphatic heterocycles. The van der Waals surface area contributed by atoms with Crippen molar-refractivity contribution >= 4 is 0 Å². The molecule has 0 aromatic carbocycles. The van der Waals surface area contributed by atoms with E-state index in [9.17, 15) is 13.2 Å². The average Bonchev–Trinajstić information content (AvgIpc) is 2.15. The van der Waals surface area contributed by atoms with Crippen LogP contribution in [0, 0.1) is 0 Å². The normalized spacial score (nSPS) is 9.50. The van der Waals surface area contributed by atoms with E-state index in [-0.39, 0.29) is 0 Å². The molecule has 1 rings (SSSR count). The Labute approximate surface area is 81.2 Å². The lowest BCUT2D eigenvalue weighted by Crippen LogP contribution is -1.89. The van der Waals surface area contributed by atoms with Crippen molar-refractivity contribution in [3.8, 4) is 0 Å². The minimum Gasteiger partial charge on any atom is -0.261 e. The molecule has 1 aromatic heterocycles. The van der Waals surface area contributed by atoms with Gasteiger partial charge in [0.1, 0.15) is 0 Å². The van der Waals surface area contributed by atoms with Crippen LogP contribution in [0.15, 0.2) is 18.6 Å². The summed E-state index contributed by atoms with van der Waals surface area (Å²) in [7, 11) is 0. The Morgan fingerprint density at radius 2 is 1.93 bits per heavy atom. The number of aromatic nitrogens is 2. The first kappa shape index (κ1) is 12.9. The third-order valence-electron chi connectivity index (χ3n) is 1.40. The number of hydrogen-bond acceptors (Lipinski definition) is 2. The zero-order valence-corrected chi connectivity index (χ0v) is 7.96. The Morgan fingerprint density at radius 3 is 2.36 bits per heavy atom. The van der Waals surface area contributed by atoms with E-state index in [1.54, 1.807) is 12.4 Å². The molecule has 2 nitrogen and oxygen atoms in total. The van der Waals surface area contributed by atoms with Crippen molar-refractivity contribution in [3.63, 3.8) is 0 Å². The van der Waals surface area contributed by atoms with Gasteiger partial charge in [-0.15, -0.1) is 0 Å². The van der Waals surface area contributed by atoms with Crippen molar-refractivity contribution in [2.75, 3.05) is 0 Å². The van der Waals surface area contributed by atoms with Crippen molar-refractivity contribution in [1.29, 1.82) is 0 Å². The molecule has 0 fully saturated rings. The van der Waals surface area contributed by atoms with Gasteiger partial charge in [-0.2, -0.15) is 13.2 Å². The highest BCUT2D eigenvalue weighted by molar-refractivity contribution is 4.93. The third-order valence-corrected chi connectivity index (χ3v) is 1.40. The van der Waals surface area contributed by atoms with Gasteiger partial charge in [-0.05, 0) is 12.8 Å². The quantitative estimate of drug-likeness (QED) is 0.759. The molecular formula is C9H13F3N2. The molecule has 0 bridgehead atoms. The maximum absolute atomic E-state index is 9.67. The van der Waals surface area contributed by atoms with Gasteiger partial charge >= 0.3 is 6.68 Å². The Balaban J connectivity index is 0.000000364. The standard InChI is InChI=1S/C8H12N2.CHF3/c1-2-3-4-8-7-9-5-6-10-8;2-1(3)4/h5-7H,2-4H2,1H3;1H. The molecule has 0 spiro atoms. The molecule has 0 aliphatic carbocycles. The lowest BCUT2D eigenvalue weighted by molar-refractivity contribution is 0.00819. The van der Waals surface area contributed by atoms with E-state index in [1.165, 1.54) is 12.8 Å². The van der Waals surface area contributed by atoms with Crippen LogP contribution in [0.2, 0.25) is 0 Å². The summed E-state index contributed by atoms with van der Waals surface area (Å²) in [6, 6.07) is 0. The second-order valence-corrected chi connectivity index (χ2v) is 2.55. The SMILES string of the molecule is CCCCc1cnccn1.FC(F)F. The number of rotatable bonds is 3. The summed E-state index contributed by atoms with van der Waals surface area (Å²) >= 11 is 0. The second-order valence-electron chi connectivity index (χ2n) is 2.55. The molecule has 0 amide bonds. The molecule has 0 atom stereocenters. The van der Waals surface area contributed by atoms with E-state index in [2.05, 4.69) is 16.9 Å². The number of hydrogen-bond donors (Lipinski definition) is 0. The first-order valence-corrected chi connectivity index (χ1v) is 4.34. The first-order valence-electron chi connectivity index (χ1n) is 4.34. The van der Waals surface area contributed by atoms with Crippen molar-refractivity contribution in [1.82, 2.24) is 9.97 Å². The van der Waals surface area contributed by atoms with E-state index in [1.807, 2.05) is 6.20 Å². The third kappa shape index (κ3) is 8.96. The fourth-order valence-corrected chi connectivity index (χ4v) is 0.817. The van der Waals surface area contributed by atoms with Crippen LogP contribution in [0.3, 0.4) is 0 Å². The highest BCUT2D eigenvalue weighted by Crippen LogP contribution is 1.97. The van der Waals surface area contributed by atoms with Gasteiger partial charge in [-0.25, -0.2) is 0 Å². The van der Waals surface area contributed by atoms with Crippen LogP contribution in [0.1, 0.15) is 25.5 Å². The maximum Gasteiger partial charge on any atom is 0.379 e. The molecular weight excluding hydrogens is 193 g/mol. The minimum atomic E-state index is -3.67. The summed E-state index contributed by atoms with van der Waals surface area (Å²) in [4.78, 5) is 8.13. The molecule has 0 N–H and O–H groups in total. The Bertz CT molecular complexity index is 214. The predicted molar refractivity (Wildman–Crippen MR) is 47.8 cm³/mol. The molecule has 0 unspecified atom stereocenters. The van der Waals surface area contributed by atoms with E-state index >= 15 is 0 Å². The van der Waals surface area contributed by atoms with Gasteiger partial charge in [0.2, 0.25) is 0 Å². The molecule has 5 heteroatoms. The number of aryl methyl sites for hydroxylation is 1. The molecule has 1 aromatic rings. The summed E-state index contributed by atoms with van der Waals surface area (Å²) in [5.41, 5.74) is 1.10. The van der Waals surface area contributed by atoms with Gasteiger partial charge in [-0.1, -0.05) is 13.3 Å². The highest BCUT2D eigenvalue weighted by Gasteiger charge is 1.90. The topological polar surface area (TPSA) is 25.8 Å². The van der Waals surface area contributed by atoms with Gasteiger partial charge in [0.15, 0.2) is 0 Å². The lowest BCUT2D eigenvalue weighted by Gasteiger charge is -1.94. The summed E-state index contributed by atoms with van der Waals surface area (Å²) in [6.07, 6.45) is 8.76. The fourth-order valence-electron chi connectivity index (χ4n) is 0.817. The van der Waals surface area contributed by atoms with Gasteiger partial charge < -0.3 is 0 Å². The summed E-state index contributed by atoms with van der Waals surface area (Å²) in [6.45, 7) is -1.49. The van der Waals surface area contributed by atoms with E-state index < -0.39 is 6.68 Å². The molecule has 0 saturated heterocycles. The van der Waals surface area contributed by atoms with E-state index in [0.29, 0.717) is 0 Å². The molecule has 1 heterocycles. The largest absolute Gasteiger partial charge is 0.379 e. The molecule has 80 valence electrons. The van der Waals surface area contributed by atoms with Crippen LogP contribution < -0.4 is 0 Å². The van der Waals surface area contributed by atoms with Crippen LogP contribution in [0.25, 0.3) is 0 Å². The maximum atomic E-state index is 9.67. The Kier molecular flexibility index (Phi) is 7.78. The Morgan fingerprint density at radius 1 is 1.29 bits per heavy atom. The minimum absolute atomic E-state index is 1.06. The van der Waals surface area contributed by atoms with Crippen molar-refractivity contribution in [2.24, 2.45) is 0 Å². The van der Waals surface area contributed by atoms with E-state index in [4.69, 9.17) is 0 Å². The zero-order chi connectivity index (χ0) is 10.8. The average molecular weight is 206 g/mol. The summed E-state index contributed by atoms with van der Waals surface area (Å²) in [5.74, 6) is 0. The number of alkyl halides is 3. The van der Waals surface area contributed by atoms with Gasteiger partial charge in [0, 0.05) is 18.6 Å². The predicted octanol–water partition coefficient (Wildman–Crippen LogP) is 3.00. The lowest BCUT2D eigenvalue weighted by atomic mass is 10.2. The monoisotopic (exact) mass is 206 g/mol. The smallest absolute Gasteiger partial charge is 0.261 e. The van der Waals surface area contributed by atoms with Gasteiger partial charge in [-0.3, -0.25) is 9.97 Å². The van der Waals surface area contributed by atoms with Crippen LogP contribution in [0.5, 0.6) is 0 Å². The number of halogens is 3. The first-order chi connectivity index (χ1) is 6.66. The molecule has 0 aliphatic rings. The van der Waals surface area contributed by atoms with Crippen molar-refractivity contribution in [2.45, 2.75) is 32.9 Å². The van der Waals surface area contributed by atoms with E-state index in [0.717, 1.165) is 12.1 Å². The number of unbranched alkanes of at least 4 members (excludes halogenated alkanes) is 1. The number of nitrogens with zero attached hydrogens (tertiary/aromatic N) is 2. The van der Waals surface area contributed by atoms with Crippen LogP contribution in [-0.4, -0.2) is 16.6 Å². The van der Waals surface area contributed by atoms with Gasteiger partial charge in [0.05, 0.1) is 5.69 Å². The second kappa shape index (κ2) is 8.47. The van der Waals surface area contributed by atoms with Crippen LogP contribution >= 0.6 is 0 Å². The summed E-state index contributed by atoms with van der Waals surface area (Å²) < 4.78 is 29.0. The van der Waals surface area contributed by atoms with Gasteiger partial charge in [0.25, 0.3) is 0 Å². The molecule has 0 radical (unpaired) electrons.